The molecule has 1 aliphatic heterocycles. The molecule has 0 aromatic heterocycles. The lowest BCUT2D eigenvalue weighted by molar-refractivity contribution is -0.138. The molecular formula is C14H15ClO3S. The van der Waals surface area contributed by atoms with Gasteiger partial charge in [-0.3, -0.25) is 4.79 Å². The molecule has 2 rings (SSSR count). The lowest BCUT2D eigenvalue weighted by atomic mass is 10.00. The van der Waals surface area contributed by atoms with Crippen molar-refractivity contribution in [2.75, 3.05) is 5.75 Å². The summed E-state index contributed by atoms with van der Waals surface area (Å²) in [6, 6.07) is 5.25. The fourth-order valence-corrected chi connectivity index (χ4v) is 3.23. The molecule has 1 aromatic carbocycles. The van der Waals surface area contributed by atoms with E-state index in [-0.39, 0.29) is 0 Å². The number of hydrogen-bond acceptors (Lipinski definition) is 3. The van der Waals surface area contributed by atoms with Gasteiger partial charge in [-0.1, -0.05) is 23.7 Å². The summed E-state index contributed by atoms with van der Waals surface area (Å²) in [6.45, 7) is 1.63. The first-order valence-corrected chi connectivity index (χ1v) is 7.40. The van der Waals surface area contributed by atoms with E-state index in [0.717, 1.165) is 22.6 Å². The molecule has 0 spiro atoms. The number of halogens is 1. The summed E-state index contributed by atoms with van der Waals surface area (Å²) in [5, 5.41) is 19.2. The third-order valence-corrected chi connectivity index (χ3v) is 4.67. The van der Waals surface area contributed by atoms with Crippen LogP contribution in [0.15, 0.2) is 23.1 Å². The van der Waals surface area contributed by atoms with Crippen LogP contribution in [0.25, 0.3) is 6.08 Å². The molecule has 102 valence electrons. The number of rotatable bonds is 3. The molecule has 1 fully saturated rings. The number of aliphatic carboxylic acids is 1. The Bertz CT molecular complexity index is 527. The van der Waals surface area contributed by atoms with Crippen molar-refractivity contribution in [2.24, 2.45) is 0 Å². The predicted octanol–water partition coefficient (Wildman–Crippen LogP) is 3.37. The van der Waals surface area contributed by atoms with Crippen LogP contribution < -0.4 is 0 Å². The number of thioether (sulfide) groups is 1. The van der Waals surface area contributed by atoms with Crippen molar-refractivity contribution in [1.82, 2.24) is 0 Å². The average Bonchev–Trinajstić information content (AvgIpc) is 2.76. The van der Waals surface area contributed by atoms with Gasteiger partial charge in [0.25, 0.3) is 0 Å². The Balaban J connectivity index is 2.27. The fourth-order valence-electron chi connectivity index (χ4n) is 1.89. The van der Waals surface area contributed by atoms with E-state index in [1.165, 1.54) is 0 Å². The van der Waals surface area contributed by atoms with Crippen molar-refractivity contribution in [1.29, 1.82) is 0 Å². The Hall–Kier alpha value is -0.970. The van der Waals surface area contributed by atoms with E-state index in [9.17, 15) is 9.90 Å². The van der Waals surface area contributed by atoms with Gasteiger partial charge < -0.3 is 10.2 Å². The molecule has 1 saturated heterocycles. The third kappa shape index (κ3) is 3.32. The summed E-state index contributed by atoms with van der Waals surface area (Å²) in [5.41, 5.74) is 1.49. The Morgan fingerprint density at radius 1 is 1.58 bits per heavy atom. The maximum Gasteiger partial charge on any atom is 0.310 e. The minimum absolute atomic E-state index is 0.404. The van der Waals surface area contributed by atoms with Crippen molar-refractivity contribution >= 4 is 35.4 Å². The standard InChI is InChI=1S/C14H15ClO3S/c1-8(14(17)18)9-2-3-10(11(15)6-9)7-13-12(16)4-5-19-13/h2-3,6-8,12,16H,4-5H2,1H3,(H,17,18)/b13-7-. The molecule has 0 aliphatic carbocycles. The van der Waals surface area contributed by atoms with Gasteiger partial charge in [0.05, 0.1) is 12.0 Å². The van der Waals surface area contributed by atoms with Gasteiger partial charge in [-0.05, 0) is 36.6 Å². The molecule has 1 aliphatic rings. The van der Waals surface area contributed by atoms with Gasteiger partial charge in [0, 0.05) is 15.7 Å². The Labute approximate surface area is 121 Å². The highest BCUT2D eigenvalue weighted by Crippen LogP contribution is 2.34. The van der Waals surface area contributed by atoms with E-state index in [0.29, 0.717) is 10.6 Å². The highest BCUT2D eigenvalue weighted by atomic mass is 35.5. The number of hydrogen-bond donors (Lipinski definition) is 2. The molecule has 2 N–H and O–H groups in total. The molecular weight excluding hydrogens is 284 g/mol. The molecule has 3 nitrogen and oxygen atoms in total. The average molecular weight is 299 g/mol. The van der Waals surface area contributed by atoms with E-state index in [1.54, 1.807) is 36.9 Å². The molecule has 0 radical (unpaired) electrons. The normalized spacial score (nSPS) is 22.7. The van der Waals surface area contributed by atoms with Gasteiger partial charge in [0.2, 0.25) is 0 Å². The summed E-state index contributed by atoms with van der Waals surface area (Å²) in [5.74, 6) is -0.534. The Morgan fingerprint density at radius 3 is 2.84 bits per heavy atom. The van der Waals surface area contributed by atoms with Crippen LogP contribution in [-0.2, 0) is 4.79 Å². The number of aliphatic hydroxyl groups is 1. The largest absolute Gasteiger partial charge is 0.481 e. The maximum atomic E-state index is 10.9. The van der Waals surface area contributed by atoms with E-state index in [2.05, 4.69) is 0 Å². The van der Waals surface area contributed by atoms with Gasteiger partial charge in [-0.25, -0.2) is 0 Å². The van der Waals surface area contributed by atoms with Crippen LogP contribution >= 0.6 is 23.4 Å². The zero-order chi connectivity index (χ0) is 14.0. The zero-order valence-corrected chi connectivity index (χ0v) is 12.0. The van der Waals surface area contributed by atoms with E-state index in [1.807, 2.05) is 6.08 Å². The number of carbonyl (C=O) groups is 1. The van der Waals surface area contributed by atoms with Crippen LogP contribution in [0.2, 0.25) is 5.02 Å². The van der Waals surface area contributed by atoms with Gasteiger partial charge in [-0.15, -0.1) is 11.8 Å². The molecule has 0 saturated carbocycles. The summed E-state index contributed by atoms with van der Waals surface area (Å²) < 4.78 is 0. The first kappa shape index (κ1) is 14.4. The summed E-state index contributed by atoms with van der Waals surface area (Å²) in [7, 11) is 0. The Kier molecular flexibility index (Phi) is 4.55. The van der Waals surface area contributed by atoms with Crippen LogP contribution in [-0.4, -0.2) is 28.0 Å². The molecule has 1 heterocycles. The molecule has 0 bridgehead atoms. The second-order valence-corrected chi connectivity index (χ2v) is 6.12. The maximum absolute atomic E-state index is 10.9. The third-order valence-electron chi connectivity index (χ3n) is 3.18. The summed E-state index contributed by atoms with van der Waals surface area (Å²) in [4.78, 5) is 11.8. The summed E-state index contributed by atoms with van der Waals surface area (Å²) >= 11 is 7.80. The number of carboxylic acids is 1. The number of benzene rings is 1. The molecule has 5 heteroatoms. The molecule has 2 unspecified atom stereocenters. The van der Waals surface area contributed by atoms with Crippen molar-refractivity contribution in [3.05, 3.63) is 39.3 Å². The second kappa shape index (κ2) is 5.99. The summed E-state index contributed by atoms with van der Waals surface area (Å²) in [6.07, 6.45) is 2.24. The zero-order valence-electron chi connectivity index (χ0n) is 10.5. The second-order valence-electron chi connectivity index (χ2n) is 4.54. The predicted molar refractivity (Wildman–Crippen MR) is 78.6 cm³/mol. The quantitative estimate of drug-likeness (QED) is 0.898. The van der Waals surface area contributed by atoms with Crippen LogP contribution in [0.4, 0.5) is 0 Å². The van der Waals surface area contributed by atoms with E-state index < -0.39 is 18.0 Å². The molecule has 0 amide bonds. The first-order chi connectivity index (χ1) is 8.99. The minimum atomic E-state index is -0.871. The van der Waals surface area contributed by atoms with Crippen LogP contribution in [0.1, 0.15) is 30.4 Å². The lowest BCUT2D eigenvalue weighted by Gasteiger charge is -2.09. The highest BCUT2D eigenvalue weighted by molar-refractivity contribution is 8.03. The van der Waals surface area contributed by atoms with Crippen LogP contribution in [0, 0.1) is 0 Å². The molecule has 1 aromatic rings. The smallest absolute Gasteiger partial charge is 0.310 e. The van der Waals surface area contributed by atoms with Crippen molar-refractivity contribution < 1.29 is 15.0 Å². The monoisotopic (exact) mass is 298 g/mol. The van der Waals surface area contributed by atoms with Crippen LogP contribution in [0.3, 0.4) is 0 Å². The number of aliphatic hydroxyl groups excluding tert-OH is 1. The topological polar surface area (TPSA) is 57.5 Å². The van der Waals surface area contributed by atoms with Crippen LogP contribution in [0.5, 0.6) is 0 Å². The lowest BCUT2D eigenvalue weighted by Crippen LogP contribution is -2.07. The number of carboxylic acid groups (broad SMARTS) is 1. The van der Waals surface area contributed by atoms with Gasteiger partial charge in [0.15, 0.2) is 0 Å². The minimum Gasteiger partial charge on any atom is -0.481 e. The first-order valence-electron chi connectivity index (χ1n) is 6.03. The van der Waals surface area contributed by atoms with E-state index >= 15 is 0 Å². The van der Waals surface area contributed by atoms with Crippen molar-refractivity contribution in [2.45, 2.75) is 25.4 Å². The van der Waals surface area contributed by atoms with E-state index in [4.69, 9.17) is 16.7 Å². The fraction of sp³-hybridized carbons (Fsp3) is 0.357. The molecule has 2 atom stereocenters. The van der Waals surface area contributed by atoms with Gasteiger partial charge in [0.1, 0.15) is 0 Å². The van der Waals surface area contributed by atoms with Gasteiger partial charge >= 0.3 is 5.97 Å². The highest BCUT2D eigenvalue weighted by Gasteiger charge is 2.19. The Morgan fingerprint density at radius 2 is 2.32 bits per heavy atom. The van der Waals surface area contributed by atoms with Crippen molar-refractivity contribution in [3.63, 3.8) is 0 Å². The van der Waals surface area contributed by atoms with Gasteiger partial charge in [-0.2, -0.15) is 0 Å². The van der Waals surface area contributed by atoms with Crippen molar-refractivity contribution in [3.8, 4) is 0 Å². The SMILES string of the molecule is CC(C(=O)O)c1ccc(/C=C2\SCCC2O)c(Cl)c1. The molecule has 19 heavy (non-hydrogen) atoms.